The van der Waals surface area contributed by atoms with E-state index in [0.29, 0.717) is 17.1 Å². The largest absolute Gasteiger partial charge is 0.338 e. The summed E-state index contributed by atoms with van der Waals surface area (Å²) in [6.07, 6.45) is 1.55. The number of hydrogen-bond acceptors (Lipinski definition) is 4. The van der Waals surface area contributed by atoms with E-state index >= 15 is 0 Å². The van der Waals surface area contributed by atoms with Gasteiger partial charge in [0.25, 0.3) is 0 Å². The van der Waals surface area contributed by atoms with Gasteiger partial charge in [-0.05, 0) is 18.6 Å². The molecule has 0 atom stereocenters. The Hall–Kier alpha value is -3.74. The summed E-state index contributed by atoms with van der Waals surface area (Å²) in [5.74, 6) is 0.301. The highest BCUT2D eigenvalue weighted by atomic mass is 15.2. The molecule has 0 saturated heterocycles. The third-order valence-electron chi connectivity index (χ3n) is 3.68. The fourth-order valence-electron chi connectivity index (χ4n) is 2.61. The minimum atomic E-state index is -1.58. The Balaban J connectivity index is 2.45. The fraction of sp³-hybridized carbons (Fsp3) is 0.125. The van der Waals surface area contributed by atoms with E-state index in [0.717, 1.165) is 5.56 Å². The Morgan fingerprint density at radius 2 is 2.00 bits per heavy atom. The smallest absolute Gasteiger partial charge is 0.241 e. The van der Waals surface area contributed by atoms with Crippen molar-refractivity contribution in [2.24, 2.45) is 0 Å². The van der Waals surface area contributed by atoms with Crippen LogP contribution in [0.25, 0.3) is 10.5 Å². The van der Waals surface area contributed by atoms with E-state index in [2.05, 4.69) is 10.2 Å². The second-order valence-electron chi connectivity index (χ2n) is 4.95. The molecule has 0 bridgehead atoms. The maximum absolute atomic E-state index is 9.52. The molecule has 3 rings (SSSR count). The van der Waals surface area contributed by atoms with Crippen molar-refractivity contribution in [3.8, 4) is 23.9 Å². The molecule has 0 spiro atoms. The quantitative estimate of drug-likeness (QED) is 0.753. The van der Waals surface area contributed by atoms with Gasteiger partial charge in [0.2, 0.25) is 11.2 Å². The van der Waals surface area contributed by atoms with E-state index in [9.17, 15) is 15.8 Å². The fourth-order valence-corrected chi connectivity index (χ4v) is 2.61. The molecule has 0 fully saturated rings. The van der Waals surface area contributed by atoms with Crippen LogP contribution in [0.5, 0.6) is 0 Å². The SMILES string of the molecule is [C-]#[N+]c1cn2c(c1C#N)NC(C#N)(C#N)c1ccc(C)cc1-2. The third kappa shape index (κ3) is 1.50. The van der Waals surface area contributed by atoms with Gasteiger partial charge in [-0.3, -0.25) is 0 Å². The molecule has 6 nitrogen and oxygen atoms in total. The minimum absolute atomic E-state index is 0.136. The number of nitrogens with one attached hydrogen (secondary N) is 1. The van der Waals surface area contributed by atoms with Crippen LogP contribution >= 0.6 is 0 Å². The van der Waals surface area contributed by atoms with Crippen LogP contribution in [0.4, 0.5) is 11.5 Å². The van der Waals surface area contributed by atoms with Crippen molar-refractivity contribution >= 4 is 11.5 Å². The first kappa shape index (κ1) is 13.3. The molecular weight excluding hydrogens is 276 g/mol. The maximum Gasteiger partial charge on any atom is 0.241 e. The second kappa shape index (κ2) is 4.38. The summed E-state index contributed by atoms with van der Waals surface area (Å²) in [7, 11) is 0. The average molecular weight is 284 g/mol. The third-order valence-corrected chi connectivity index (χ3v) is 3.68. The summed E-state index contributed by atoms with van der Waals surface area (Å²) in [5, 5.41) is 31.2. The molecule has 0 radical (unpaired) electrons. The average Bonchev–Trinajstić information content (AvgIpc) is 2.91. The summed E-state index contributed by atoms with van der Waals surface area (Å²) in [6, 6.07) is 11.3. The molecule has 6 heteroatoms. The molecule has 1 aliphatic heterocycles. The van der Waals surface area contributed by atoms with Crippen molar-refractivity contribution in [3.63, 3.8) is 0 Å². The Morgan fingerprint density at radius 1 is 1.27 bits per heavy atom. The summed E-state index contributed by atoms with van der Waals surface area (Å²) in [4.78, 5) is 3.34. The first-order valence-corrected chi connectivity index (χ1v) is 6.35. The van der Waals surface area contributed by atoms with Gasteiger partial charge in [0.1, 0.15) is 23.5 Å². The van der Waals surface area contributed by atoms with Crippen molar-refractivity contribution in [1.29, 1.82) is 15.8 Å². The van der Waals surface area contributed by atoms with Gasteiger partial charge in [0.15, 0.2) is 0 Å². The summed E-state index contributed by atoms with van der Waals surface area (Å²) in [6.45, 7) is 9.08. The van der Waals surface area contributed by atoms with Crippen LogP contribution in [-0.2, 0) is 5.54 Å². The number of fused-ring (bicyclic) bond motifs is 3. The molecular formula is C16H8N6. The van der Waals surface area contributed by atoms with Gasteiger partial charge in [-0.15, -0.1) is 0 Å². The van der Waals surface area contributed by atoms with Crippen LogP contribution in [0.15, 0.2) is 24.4 Å². The summed E-state index contributed by atoms with van der Waals surface area (Å²) < 4.78 is 1.65. The van der Waals surface area contributed by atoms with Crippen LogP contribution in [-0.4, -0.2) is 4.57 Å². The number of aromatic nitrogens is 1. The van der Waals surface area contributed by atoms with Crippen LogP contribution in [0.1, 0.15) is 16.7 Å². The zero-order valence-electron chi connectivity index (χ0n) is 11.5. The van der Waals surface area contributed by atoms with E-state index in [4.69, 9.17) is 6.57 Å². The lowest BCUT2D eigenvalue weighted by atomic mass is 9.88. The molecule has 102 valence electrons. The van der Waals surface area contributed by atoms with Gasteiger partial charge in [-0.1, -0.05) is 12.1 Å². The van der Waals surface area contributed by atoms with Gasteiger partial charge < -0.3 is 9.88 Å². The highest BCUT2D eigenvalue weighted by Gasteiger charge is 2.41. The monoisotopic (exact) mass is 284 g/mol. The Bertz CT molecular complexity index is 954. The zero-order valence-corrected chi connectivity index (χ0v) is 11.5. The highest BCUT2D eigenvalue weighted by molar-refractivity contribution is 5.78. The van der Waals surface area contributed by atoms with E-state index in [1.54, 1.807) is 16.8 Å². The molecule has 22 heavy (non-hydrogen) atoms. The van der Waals surface area contributed by atoms with Gasteiger partial charge in [-0.2, -0.15) is 15.8 Å². The van der Waals surface area contributed by atoms with Crippen LogP contribution in [0, 0.1) is 47.5 Å². The molecule has 1 N–H and O–H groups in total. The predicted octanol–water partition coefficient (Wildman–Crippen LogP) is 2.88. The lowest BCUT2D eigenvalue weighted by molar-refractivity contribution is 0.755. The molecule has 0 unspecified atom stereocenters. The molecule has 0 aliphatic carbocycles. The molecule has 1 aromatic heterocycles. The lowest BCUT2D eigenvalue weighted by Crippen LogP contribution is -2.37. The normalized spacial score (nSPS) is 13.3. The Labute approximate surface area is 126 Å². The second-order valence-corrected chi connectivity index (χ2v) is 4.95. The number of benzene rings is 1. The first-order valence-electron chi connectivity index (χ1n) is 6.35. The van der Waals surface area contributed by atoms with Gasteiger partial charge in [0.05, 0.1) is 18.3 Å². The number of anilines is 1. The zero-order chi connectivity index (χ0) is 15.9. The highest BCUT2D eigenvalue weighted by Crippen LogP contribution is 2.42. The van der Waals surface area contributed by atoms with Gasteiger partial charge in [-0.25, -0.2) is 4.85 Å². The van der Waals surface area contributed by atoms with E-state index in [1.807, 2.05) is 37.3 Å². The number of rotatable bonds is 0. The lowest BCUT2D eigenvalue weighted by Gasteiger charge is -2.31. The summed E-state index contributed by atoms with van der Waals surface area (Å²) in [5.41, 5.74) is 0.825. The predicted molar refractivity (Wildman–Crippen MR) is 78.0 cm³/mol. The molecule has 2 heterocycles. The Morgan fingerprint density at radius 3 is 2.59 bits per heavy atom. The molecule has 2 aromatic rings. The van der Waals surface area contributed by atoms with Crippen LogP contribution < -0.4 is 5.32 Å². The van der Waals surface area contributed by atoms with Gasteiger partial charge >= 0.3 is 0 Å². The van der Waals surface area contributed by atoms with Crippen LogP contribution in [0.3, 0.4) is 0 Å². The van der Waals surface area contributed by atoms with Crippen molar-refractivity contribution in [3.05, 3.63) is 52.5 Å². The van der Waals surface area contributed by atoms with Gasteiger partial charge in [0, 0.05) is 11.8 Å². The van der Waals surface area contributed by atoms with Crippen molar-refractivity contribution in [2.45, 2.75) is 12.5 Å². The van der Waals surface area contributed by atoms with Crippen molar-refractivity contribution in [2.75, 3.05) is 5.32 Å². The van der Waals surface area contributed by atoms with E-state index in [1.165, 1.54) is 0 Å². The van der Waals surface area contributed by atoms with Crippen LogP contribution in [0.2, 0.25) is 0 Å². The molecule has 0 amide bonds. The summed E-state index contributed by atoms with van der Waals surface area (Å²) >= 11 is 0. The minimum Gasteiger partial charge on any atom is -0.338 e. The number of hydrogen-bond donors (Lipinski definition) is 1. The van der Waals surface area contributed by atoms with Crippen molar-refractivity contribution in [1.82, 2.24) is 4.57 Å². The number of aryl methyl sites for hydroxylation is 1. The van der Waals surface area contributed by atoms with Crippen molar-refractivity contribution < 1.29 is 0 Å². The molecule has 0 saturated carbocycles. The molecule has 1 aromatic carbocycles. The number of nitrogens with zero attached hydrogens (tertiary/aromatic N) is 5. The number of nitriles is 3. The Kier molecular flexibility index (Phi) is 2.64. The van der Waals surface area contributed by atoms with E-state index in [-0.39, 0.29) is 11.3 Å². The maximum atomic E-state index is 9.52. The standard InChI is InChI=1S/C16H8N6/c1-10-3-4-12-14(5-10)22-7-13(20-2)11(6-17)15(22)21-16(12,8-18)9-19/h3-5,7,21H,1H3. The van der Waals surface area contributed by atoms with E-state index < -0.39 is 5.54 Å². The molecule has 1 aliphatic rings. The first-order chi connectivity index (χ1) is 10.6. The topological polar surface area (TPSA) is 92.7 Å².